The lowest BCUT2D eigenvalue weighted by molar-refractivity contribution is -0.0000679. The smallest absolute Gasteiger partial charge is 0.0493 e. The average Bonchev–Trinajstić information content (AvgIpc) is 1.75. The van der Waals surface area contributed by atoms with E-state index in [1.807, 2.05) is 0 Å². The van der Waals surface area contributed by atoms with E-state index in [2.05, 4.69) is 20.8 Å². The molecule has 0 saturated heterocycles. The second-order valence-electron chi connectivity index (χ2n) is 4.77. The SMILES string of the molecule is COCC1CCC1C(C)(C)C. The Hall–Kier alpha value is -0.0400. The van der Waals surface area contributed by atoms with Gasteiger partial charge >= 0.3 is 0 Å². The molecule has 1 heteroatoms. The third-order valence-electron chi connectivity index (χ3n) is 2.91. The van der Waals surface area contributed by atoms with E-state index in [9.17, 15) is 0 Å². The van der Waals surface area contributed by atoms with Gasteiger partial charge in [-0.25, -0.2) is 0 Å². The first-order valence-corrected chi connectivity index (χ1v) is 4.54. The summed E-state index contributed by atoms with van der Waals surface area (Å²) >= 11 is 0. The Morgan fingerprint density at radius 3 is 2.18 bits per heavy atom. The topological polar surface area (TPSA) is 9.23 Å². The van der Waals surface area contributed by atoms with E-state index in [4.69, 9.17) is 4.74 Å². The van der Waals surface area contributed by atoms with Crippen LogP contribution in [-0.2, 0) is 4.74 Å². The van der Waals surface area contributed by atoms with Gasteiger partial charge in [-0.15, -0.1) is 0 Å². The van der Waals surface area contributed by atoms with Crippen LogP contribution in [0.4, 0.5) is 0 Å². The molecule has 0 N–H and O–H groups in total. The Balaban J connectivity index is 2.37. The van der Waals surface area contributed by atoms with E-state index >= 15 is 0 Å². The van der Waals surface area contributed by atoms with Crippen molar-refractivity contribution in [3.63, 3.8) is 0 Å². The molecule has 1 saturated carbocycles. The molecular formula is C10H20O. The highest BCUT2D eigenvalue weighted by Crippen LogP contribution is 2.45. The molecule has 0 radical (unpaired) electrons. The molecule has 66 valence electrons. The lowest BCUT2D eigenvalue weighted by Gasteiger charge is -2.45. The van der Waals surface area contributed by atoms with Gasteiger partial charge in [0.2, 0.25) is 0 Å². The molecule has 0 aliphatic heterocycles. The number of rotatable bonds is 2. The molecule has 1 nitrogen and oxygen atoms in total. The third-order valence-corrected chi connectivity index (χ3v) is 2.91. The zero-order valence-corrected chi connectivity index (χ0v) is 8.18. The standard InChI is InChI=1S/C10H20O/c1-10(2,3)9-6-5-8(9)7-11-4/h8-9H,5-7H2,1-4H3. The molecule has 0 aromatic rings. The average molecular weight is 156 g/mol. The molecule has 1 aliphatic rings. The van der Waals surface area contributed by atoms with Gasteiger partial charge < -0.3 is 4.74 Å². The quantitative estimate of drug-likeness (QED) is 0.597. The predicted octanol–water partition coefficient (Wildman–Crippen LogP) is 2.71. The summed E-state index contributed by atoms with van der Waals surface area (Å²) in [4.78, 5) is 0. The molecule has 1 fully saturated rings. The van der Waals surface area contributed by atoms with Crippen molar-refractivity contribution < 1.29 is 4.74 Å². The Bertz CT molecular complexity index is 123. The van der Waals surface area contributed by atoms with E-state index in [1.54, 1.807) is 7.11 Å². The minimum Gasteiger partial charge on any atom is -0.384 e. The fourth-order valence-electron chi connectivity index (χ4n) is 2.12. The molecule has 2 unspecified atom stereocenters. The molecular weight excluding hydrogens is 136 g/mol. The molecule has 0 heterocycles. The number of ether oxygens (including phenoxy) is 1. The van der Waals surface area contributed by atoms with Crippen molar-refractivity contribution >= 4 is 0 Å². The number of hydrogen-bond acceptors (Lipinski definition) is 1. The molecule has 1 aliphatic carbocycles. The molecule has 2 atom stereocenters. The minimum atomic E-state index is 0.488. The van der Waals surface area contributed by atoms with Crippen LogP contribution in [0.25, 0.3) is 0 Å². The summed E-state index contributed by atoms with van der Waals surface area (Å²) in [5.41, 5.74) is 0.488. The maximum absolute atomic E-state index is 5.17. The summed E-state index contributed by atoms with van der Waals surface area (Å²) in [6.07, 6.45) is 2.77. The van der Waals surface area contributed by atoms with Crippen LogP contribution in [0.2, 0.25) is 0 Å². The molecule has 0 bridgehead atoms. The maximum atomic E-state index is 5.17. The third kappa shape index (κ3) is 1.96. The summed E-state index contributed by atoms with van der Waals surface area (Å²) in [6, 6.07) is 0. The van der Waals surface area contributed by atoms with Gasteiger partial charge in [-0.05, 0) is 30.1 Å². The Morgan fingerprint density at radius 1 is 1.27 bits per heavy atom. The highest BCUT2D eigenvalue weighted by molar-refractivity contribution is 4.88. The van der Waals surface area contributed by atoms with Crippen molar-refractivity contribution in [2.45, 2.75) is 33.6 Å². The second kappa shape index (κ2) is 3.14. The molecule has 0 amide bonds. The largest absolute Gasteiger partial charge is 0.384 e. The first-order chi connectivity index (χ1) is 5.05. The second-order valence-corrected chi connectivity index (χ2v) is 4.77. The van der Waals surface area contributed by atoms with Crippen LogP contribution in [0, 0.1) is 17.3 Å². The Morgan fingerprint density at radius 2 is 1.91 bits per heavy atom. The molecule has 0 aromatic carbocycles. The molecule has 0 spiro atoms. The summed E-state index contributed by atoms with van der Waals surface area (Å²) in [7, 11) is 1.80. The fourth-order valence-corrected chi connectivity index (χ4v) is 2.12. The zero-order chi connectivity index (χ0) is 8.48. The van der Waals surface area contributed by atoms with E-state index in [0.717, 1.165) is 18.4 Å². The van der Waals surface area contributed by atoms with Gasteiger partial charge in [0.25, 0.3) is 0 Å². The van der Waals surface area contributed by atoms with Crippen LogP contribution in [0.3, 0.4) is 0 Å². The van der Waals surface area contributed by atoms with Crippen molar-refractivity contribution in [2.24, 2.45) is 17.3 Å². The van der Waals surface area contributed by atoms with E-state index in [0.29, 0.717) is 5.41 Å². The van der Waals surface area contributed by atoms with Crippen LogP contribution in [0.1, 0.15) is 33.6 Å². The summed E-state index contributed by atoms with van der Waals surface area (Å²) in [5.74, 6) is 1.72. The Kier molecular flexibility index (Phi) is 2.58. The predicted molar refractivity (Wildman–Crippen MR) is 47.5 cm³/mol. The van der Waals surface area contributed by atoms with Crippen molar-refractivity contribution in [2.75, 3.05) is 13.7 Å². The van der Waals surface area contributed by atoms with Gasteiger partial charge in [0.15, 0.2) is 0 Å². The van der Waals surface area contributed by atoms with Crippen LogP contribution in [-0.4, -0.2) is 13.7 Å². The van der Waals surface area contributed by atoms with Gasteiger partial charge in [0, 0.05) is 13.7 Å². The Labute approximate surface area is 70.1 Å². The summed E-state index contributed by atoms with van der Waals surface area (Å²) in [6.45, 7) is 7.96. The van der Waals surface area contributed by atoms with Crippen LogP contribution >= 0.6 is 0 Å². The fraction of sp³-hybridized carbons (Fsp3) is 1.00. The lowest BCUT2D eigenvalue weighted by atomic mass is 9.62. The van der Waals surface area contributed by atoms with E-state index < -0.39 is 0 Å². The highest BCUT2D eigenvalue weighted by atomic mass is 16.5. The lowest BCUT2D eigenvalue weighted by Crippen LogP contribution is -2.38. The van der Waals surface area contributed by atoms with Gasteiger partial charge in [-0.3, -0.25) is 0 Å². The van der Waals surface area contributed by atoms with Crippen molar-refractivity contribution in [3.8, 4) is 0 Å². The van der Waals surface area contributed by atoms with Gasteiger partial charge in [-0.1, -0.05) is 20.8 Å². The molecule has 1 rings (SSSR count). The minimum absolute atomic E-state index is 0.488. The highest BCUT2D eigenvalue weighted by Gasteiger charge is 2.38. The normalized spacial score (nSPS) is 31.6. The van der Waals surface area contributed by atoms with Gasteiger partial charge in [0.05, 0.1) is 0 Å². The first kappa shape index (κ1) is 9.05. The van der Waals surface area contributed by atoms with Crippen molar-refractivity contribution in [1.29, 1.82) is 0 Å². The van der Waals surface area contributed by atoms with Gasteiger partial charge in [0.1, 0.15) is 0 Å². The maximum Gasteiger partial charge on any atom is 0.0493 e. The van der Waals surface area contributed by atoms with Crippen LogP contribution in [0.15, 0.2) is 0 Å². The van der Waals surface area contributed by atoms with Crippen LogP contribution in [0.5, 0.6) is 0 Å². The summed E-state index contributed by atoms with van der Waals surface area (Å²) < 4.78 is 5.17. The van der Waals surface area contributed by atoms with E-state index in [-0.39, 0.29) is 0 Å². The van der Waals surface area contributed by atoms with Crippen LogP contribution < -0.4 is 0 Å². The van der Waals surface area contributed by atoms with Gasteiger partial charge in [-0.2, -0.15) is 0 Å². The first-order valence-electron chi connectivity index (χ1n) is 4.54. The monoisotopic (exact) mass is 156 g/mol. The molecule has 0 aromatic heterocycles. The zero-order valence-electron chi connectivity index (χ0n) is 8.18. The van der Waals surface area contributed by atoms with Crippen molar-refractivity contribution in [3.05, 3.63) is 0 Å². The molecule has 11 heavy (non-hydrogen) atoms. The summed E-state index contributed by atoms with van der Waals surface area (Å²) in [5, 5.41) is 0. The number of methoxy groups -OCH3 is 1. The van der Waals surface area contributed by atoms with Crippen molar-refractivity contribution in [1.82, 2.24) is 0 Å². The van der Waals surface area contributed by atoms with E-state index in [1.165, 1.54) is 12.8 Å². The number of hydrogen-bond donors (Lipinski definition) is 0.